The first-order chi connectivity index (χ1) is 44.0. The molecule has 2 atom stereocenters. The van der Waals surface area contributed by atoms with Crippen LogP contribution in [0.25, 0.3) is 0 Å². The van der Waals surface area contributed by atoms with Crippen molar-refractivity contribution in [1.82, 2.24) is 0 Å². The van der Waals surface area contributed by atoms with Crippen LogP contribution in [0.3, 0.4) is 0 Å². The SMILES string of the molecule is CCCCCCC/C=C\C/C=C\CCCCCCCCCCCCCCCC(=O)OC(COC(=O)CCCCCCCCCCCCCCCCCCCCCCCCCCCCCCCCCCCCCCCCCCC)COP(=O)(O)OCC[N+](C)(C)C. The number of hydrogen-bond acceptors (Lipinski definition) is 7. The maximum Gasteiger partial charge on any atom is 0.472 e. The second-order valence-corrected chi connectivity index (χ2v) is 30.3. The third-order valence-corrected chi connectivity index (χ3v) is 19.5. The van der Waals surface area contributed by atoms with Crippen LogP contribution in [0.5, 0.6) is 0 Å². The summed E-state index contributed by atoms with van der Waals surface area (Å²) in [7, 11) is 1.50. The van der Waals surface area contributed by atoms with Crippen LogP contribution in [-0.4, -0.2) is 74.9 Å². The molecule has 0 saturated heterocycles. The van der Waals surface area contributed by atoms with Gasteiger partial charge in [-0.15, -0.1) is 0 Å². The number of ether oxygens (including phenoxy) is 2. The Labute approximate surface area is 561 Å². The molecule has 0 spiro atoms. The topological polar surface area (TPSA) is 108 Å². The molecule has 0 aliphatic heterocycles. The van der Waals surface area contributed by atoms with Crippen molar-refractivity contribution in [1.29, 1.82) is 0 Å². The number of unbranched alkanes of at least 4 members (excludes halogenated alkanes) is 58. The number of rotatable bonds is 76. The zero-order chi connectivity index (χ0) is 65.5. The monoisotopic (exact) mass is 1290 g/mol. The number of esters is 2. The van der Waals surface area contributed by atoms with Gasteiger partial charge in [-0.05, 0) is 44.9 Å². The van der Waals surface area contributed by atoms with Crippen molar-refractivity contribution >= 4 is 19.8 Å². The van der Waals surface area contributed by atoms with Gasteiger partial charge in [0.2, 0.25) is 0 Å². The van der Waals surface area contributed by atoms with E-state index in [1.54, 1.807) is 0 Å². The molecule has 0 aromatic heterocycles. The fourth-order valence-electron chi connectivity index (χ4n) is 12.3. The van der Waals surface area contributed by atoms with E-state index in [1.165, 1.54) is 353 Å². The first kappa shape index (κ1) is 88.5. The van der Waals surface area contributed by atoms with Crippen molar-refractivity contribution in [2.45, 2.75) is 431 Å². The minimum Gasteiger partial charge on any atom is -0.462 e. The van der Waals surface area contributed by atoms with Crippen molar-refractivity contribution in [3.8, 4) is 0 Å². The summed E-state index contributed by atoms with van der Waals surface area (Å²) >= 11 is 0. The van der Waals surface area contributed by atoms with Gasteiger partial charge in [-0.1, -0.05) is 391 Å². The molecule has 534 valence electrons. The summed E-state index contributed by atoms with van der Waals surface area (Å²) in [4.78, 5) is 35.9. The predicted molar refractivity (Wildman–Crippen MR) is 391 cm³/mol. The number of allylic oxidation sites excluding steroid dienone is 4. The number of likely N-dealkylation sites (N-methyl/N-ethyl adjacent to an activating group) is 1. The van der Waals surface area contributed by atoms with Crippen LogP contribution in [0, 0.1) is 0 Å². The van der Waals surface area contributed by atoms with Gasteiger partial charge in [-0.2, -0.15) is 0 Å². The minimum atomic E-state index is -4.39. The molecule has 0 bridgehead atoms. The molecule has 0 heterocycles. The first-order valence-electron chi connectivity index (χ1n) is 40.1. The Morgan fingerprint density at radius 3 is 0.878 bits per heavy atom. The van der Waals surface area contributed by atoms with Crippen molar-refractivity contribution in [3.05, 3.63) is 24.3 Å². The summed E-state index contributed by atoms with van der Waals surface area (Å²) in [6.45, 7) is 4.51. The summed E-state index contributed by atoms with van der Waals surface area (Å²) in [6.07, 6.45) is 92.0. The molecule has 90 heavy (non-hydrogen) atoms. The number of carbonyl (C=O) groups excluding carboxylic acids is 2. The third-order valence-electron chi connectivity index (χ3n) is 18.5. The molecular formula is C80H157NO8P+. The maximum absolute atomic E-state index is 12.9. The van der Waals surface area contributed by atoms with Crippen LogP contribution in [0.2, 0.25) is 0 Å². The van der Waals surface area contributed by atoms with Gasteiger partial charge in [0.05, 0.1) is 27.7 Å². The van der Waals surface area contributed by atoms with Crippen LogP contribution < -0.4 is 0 Å². The lowest BCUT2D eigenvalue weighted by Crippen LogP contribution is -2.37. The summed E-state index contributed by atoms with van der Waals surface area (Å²) < 4.78 is 34.8. The smallest absolute Gasteiger partial charge is 0.462 e. The first-order valence-corrected chi connectivity index (χ1v) is 41.6. The predicted octanol–water partition coefficient (Wildman–Crippen LogP) is 26.4. The molecular weight excluding hydrogens is 1130 g/mol. The van der Waals surface area contributed by atoms with E-state index in [-0.39, 0.29) is 25.6 Å². The average molecular weight is 1290 g/mol. The lowest BCUT2D eigenvalue weighted by molar-refractivity contribution is -0.870. The van der Waals surface area contributed by atoms with Crippen molar-refractivity contribution in [2.24, 2.45) is 0 Å². The molecule has 0 aromatic rings. The molecule has 0 aliphatic rings. The number of phosphoric ester groups is 1. The Morgan fingerprint density at radius 1 is 0.344 bits per heavy atom. The normalized spacial score (nSPS) is 13.1. The van der Waals surface area contributed by atoms with Gasteiger partial charge in [-0.3, -0.25) is 18.6 Å². The van der Waals surface area contributed by atoms with Crippen molar-refractivity contribution < 1.29 is 42.1 Å². The van der Waals surface area contributed by atoms with Gasteiger partial charge in [0, 0.05) is 12.8 Å². The molecule has 9 nitrogen and oxygen atoms in total. The van der Waals surface area contributed by atoms with Crippen LogP contribution in [-0.2, 0) is 32.7 Å². The van der Waals surface area contributed by atoms with E-state index in [4.69, 9.17) is 18.5 Å². The van der Waals surface area contributed by atoms with Gasteiger partial charge in [-0.25, -0.2) is 4.57 Å². The molecule has 0 amide bonds. The highest BCUT2D eigenvalue weighted by molar-refractivity contribution is 7.47. The van der Waals surface area contributed by atoms with E-state index in [1.807, 2.05) is 21.1 Å². The standard InChI is InChI=1S/C80H156NO8P/c1-6-8-10-12-14-16-18-20-22-24-26-28-30-32-33-34-35-36-37-38-39-40-41-42-43-44-45-46-47-49-50-52-54-56-58-60-62-64-66-68-70-72-79(82)86-76-78(77-88-90(84,85)87-75-74-81(3,4)5)89-80(83)73-71-69-67-65-63-61-59-57-55-53-51-48-31-29-27-25-23-21-19-17-15-13-11-9-7-2/h19,21,25,27,78H,6-18,20,22-24,26,28-77H2,1-5H3/p+1/b21-19-,27-25-. The molecule has 1 N–H and O–H groups in total. The second kappa shape index (κ2) is 71.8. The molecule has 0 saturated carbocycles. The Kier molecular flexibility index (Phi) is 70.6. The molecule has 0 aromatic carbocycles. The van der Waals surface area contributed by atoms with E-state index >= 15 is 0 Å². The molecule has 10 heteroatoms. The van der Waals surface area contributed by atoms with Crippen LogP contribution in [0.4, 0.5) is 0 Å². The van der Waals surface area contributed by atoms with E-state index in [9.17, 15) is 19.0 Å². The molecule has 0 rings (SSSR count). The zero-order valence-electron chi connectivity index (χ0n) is 61.2. The van der Waals surface area contributed by atoms with Gasteiger partial charge in [0.15, 0.2) is 6.10 Å². The maximum atomic E-state index is 12.9. The fraction of sp³-hybridized carbons (Fsp3) is 0.925. The van der Waals surface area contributed by atoms with Crippen LogP contribution in [0.15, 0.2) is 24.3 Å². The van der Waals surface area contributed by atoms with E-state index in [0.717, 1.165) is 38.5 Å². The highest BCUT2D eigenvalue weighted by Crippen LogP contribution is 2.43. The van der Waals surface area contributed by atoms with E-state index < -0.39 is 26.5 Å². The van der Waals surface area contributed by atoms with Crippen LogP contribution in [0.1, 0.15) is 425 Å². The van der Waals surface area contributed by atoms with Gasteiger partial charge in [0.1, 0.15) is 19.8 Å². The summed E-state index contributed by atoms with van der Waals surface area (Å²) in [6, 6.07) is 0. The lowest BCUT2D eigenvalue weighted by atomic mass is 10.0. The number of carbonyl (C=O) groups is 2. The molecule has 2 unspecified atom stereocenters. The molecule has 0 radical (unpaired) electrons. The Balaban J connectivity index is 3.85. The summed E-state index contributed by atoms with van der Waals surface area (Å²) in [5, 5.41) is 0. The number of nitrogens with zero attached hydrogens (tertiary/aromatic N) is 1. The van der Waals surface area contributed by atoms with E-state index in [0.29, 0.717) is 23.9 Å². The highest BCUT2D eigenvalue weighted by atomic mass is 31.2. The Morgan fingerprint density at radius 2 is 0.600 bits per heavy atom. The summed E-state index contributed by atoms with van der Waals surface area (Å²) in [5.41, 5.74) is 0. The van der Waals surface area contributed by atoms with Crippen LogP contribution >= 0.6 is 7.82 Å². The van der Waals surface area contributed by atoms with Gasteiger partial charge in [0.25, 0.3) is 0 Å². The average Bonchev–Trinajstić information content (AvgIpc) is 3.58. The van der Waals surface area contributed by atoms with Gasteiger partial charge < -0.3 is 18.9 Å². The second-order valence-electron chi connectivity index (χ2n) is 28.8. The van der Waals surface area contributed by atoms with Gasteiger partial charge >= 0.3 is 19.8 Å². The van der Waals surface area contributed by atoms with Crippen molar-refractivity contribution in [2.75, 3.05) is 47.5 Å². The Hall–Kier alpha value is -1.51. The molecule has 0 fully saturated rings. The quantitative estimate of drug-likeness (QED) is 0.0211. The number of phosphoric acid groups is 1. The number of quaternary nitrogens is 1. The fourth-order valence-corrected chi connectivity index (χ4v) is 13.1. The number of hydrogen-bond donors (Lipinski definition) is 1. The third kappa shape index (κ3) is 75.5. The lowest BCUT2D eigenvalue weighted by Gasteiger charge is -2.24. The zero-order valence-corrected chi connectivity index (χ0v) is 62.1. The van der Waals surface area contributed by atoms with Crippen molar-refractivity contribution in [3.63, 3.8) is 0 Å². The molecule has 0 aliphatic carbocycles. The highest BCUT2D eigenvalue weighted by Gasteiger charge is 2.27. The minimum absolute atomic E-state index is 0.0348. The largest absolute Gasteiger partial charge is 0.472 e. The van der Waals surface area contributed by atoms with E-state index in [2.05, 4.69) is 38.2 Å². The summed E-state index contributed by atoms with van der Waals surface area (Å²) in [5.74, 6) is -0.774. The Bertz CT molecular complexity index is 1560.